The summed E-state index contributed by atoms with van der Waals surface area (Å²) in [5, 5.41) is 39.9. The smallest absolute Gasteiger partial charge is 0.450 e. The second-order valence-electron chi connectivity index (χ2n) is 5.10. The molecule has 0 rings (SSSR count). The molecule has 0 aromatic rings. The molecule has 0 aromatic heterocycles. The van der Waals surface area contributed by atoms with Crippen molar-refractivity contribution >= 4 is 12.3 Å². The molecule has 24 heavy (non-hydrogen) atoms. The molecule has 0 saturated carbocycles. The standard InChI is InChI=1S/C14H30.2CH2O3.H2O2/c1-3-5-7-9-11-13-14-12-10-8-6-4-2;2*2-1(3)4;1-2/h3-14H2,1-2H3;2*(H2,2,3,4);1-2H. The molecule has 0 aliphatic carbocycles. The van der Waals surface area contributed by atoms with E-state index in [2.05, 4.69) is 13.8 Å². The van der Waals surface area contributed by atoms with E-state index in [-0.39, 0.29) is 0 Å². The highest BCUT2D eigenvalue weighted by atomic mass is 17.0. The fourth-order valence-corrected chi connectivity index (χ4v) is 1.91. The summed E-state index contributed by atoms with van der Waals surface area (Å²) < 4.78 is 0. The zero-order valence-corrected chi connectivity index (χ0v) is 15.0. The van der Waals surface area contributed by atoms with Gasteiger partial charge in [0.2, 0.25) is 0 Å². The highest BCUT2D eigenvalue weighted by Gasteiger charge is 1.91. The Hall–Kier alpha value is -1.54. The number of hydrogen-bond acceptors (Lipinski definition) is 4. The van der Waals surface area contributed by atoms with Crippen molar-refractivity contribution in [3.8, 4) is 0 Å². The van der Waals surface area contributed by atoms with Crippen LogP contribution in [-0.2, 0) is 0 Å². The fraction of sp³-hybridized carbons (Fsp3) is 0.875. The molecule has 0 saturated heterocycles. The summed E-state index contributed by atoms with van der Waals surface area (Å²) in [6.45, 7) is 4.57. The fourth-order valence-electron chi connectivity index (χ4n) is 1.91. The van der Waals surface area contributed by atoms with Gasteiger partial charge >= 0.3 is 12.3 Å². The Morgan fingerprint density at radius 2 is 0.625 bits per heavy atom. The molecule has 0 fully saturated rings. The predicted octanol–water partition coefficient (Wildman–Crippen LogP) is 6.17. The normalized spacial score (nSPS) is 8.50. The molecule has 0 amide bonds. The van der Waals surface area contributed by atoms with Gasteiger partial charge in [-0.15, -0.1) is 0 Å². The van der Waals surface area contributed by atoms with Crippen LogP contribution >= 0.6 is 0 Å². The lowest BCUT2D eigenvalue weighted by Gasteiger charge is -2.01. The summed E-state index contributed by atoms with van der Waals surface area (Å²) in [6.07, 6.45) is 13.8. The van der Waals surface area contributed by atoms with Crippen molar-refractivity contribution in [1.29, 1.82) is 0 Å². The van der Waals surface area contributed by atoms with Gasteiger partial charge in [0.05, 0.1) is 0 Å². The Bertz CT molecular complexity index is 202. The molecule has 6 N–H and O–H groups in total. The van der Waals surface area contributed by atoms with Crippen LogP contribution in [0.3, 0.4) is 0 Å². The van der Waals surface area contributed by atoms with Crippen LogP contribution in [0.25, 0.3) is 0 Å². The summed E-state index contributed by atoms with van der Waals surface area (Å²) in [6, 6.07) is 0. The van der Waals surface area contributed by atoms with E-state index in [1.165, 1.54) is 77.0 Å². The van der Waals surface area contributed by atoms with Crippen molar-refractivity contribution in [2.75, 3.05) is 0 Å². The summed E-state index contributed by atoms with van der Waals surface area (Å²) in [4.78, 5) is 17.1. The molecule has 148 valence electrons. The van der Waals surface area contributed by atoms with Crippen molar-refractivity contribution in [1.82, 2.24) is 0 Å². The first-order chi connectivity index (χ1) is 11.4. The summed E-state index contributed by atoms with van der Waals surface area (Å²) in [7, 11) is 0. The molecule has 8 heteroatoms. The minimum atomic E-state index is -1.83. The number of rotatable bonds is 11. The molecule has 0 heterocycles. The Labute approximate surface area is 144 Å². The summed E-state index contributed by atoms with van der Waals surface area (Å²) in [5.74, 6) is 0. The van der Waals surface area contributed by atoms with Gasteiger partial charge in [0.15, 0.2) is 0 Å². The zero-order chi connectivity index (χ0) is 19.6. The molecule has 0 unspecified atom stereocenters. The van der Waals surface area contributed by atoms with Gasteiger partial charge in [0, 0.05) is 0 Å². The maximum Gasteiger partial charge on any atom is 0.503 e. The van der Waals surface area contributed by atoms with E-state index in [0.717, 1.165) is 0 Å². The number of unbranched alkanes of at least 4 members (excludes halogenated alkanes) is 11. The SMILES string of the molecule is CCCCCCCCCCCCCC.O=C(O)O.O=C(O)O.OO. The number of hydrogen-bond donors (Lipinski definition) is 6. The maximum atomic E-state index is 8.56. The van der Waals surface area contributed by atoms with Crippen molar-refractivity contribution < 1.29 is 40.5 Å². The van der Waals surface area contributed by atoms with Crippen molar-refractivity contribution in [2.45, 2.75) is 90.9 Å². The summed E-state index contributed by atoms with van der Waals surface area (Å²) >= 11 is 0. The molecule has 0 aromatic carbocycles. The second kappa shape index (κ2) is 33.2. The lowest BCUT2D eigenvalue weighted by atomic mass is 10.1. The van der Waals surface area contributed by atoms with Crippen molar-refractivity contribution in [3.63, 3.8) is 0 Å². The first kappa shape index (κ1) is 30.4. The van der Waals surface area contributed by atoms with Crippen LogP contribution in [0.15, 0.2) is 0 Å². The third-order valence-corrected chi connectivity index (χ3v) is 2.96. The van der Waals surface area contributed by atoms with Gasteiger partial charge < -0.3 is 20.4 Å². The molecular formula is C16H36O8. The van der Waals surface area contributed by atoms with Gasteiger partial charge in [-0.05, 0) is 0 Å². The van der Waals surface area contributed by atoms with E-state index in [4.69, 9.17) is 40.5 Å². The van der Waals surface area contributed by atoms with Crippen LogP contribution < -0.4 is 0 Å². The molecule has 0 radical (unpaired) electrons. The van der Waals surface area contributed by atoms with Crippen LogP contribution in [0.4, 0.5) is 9.59 Å². The Morgan fingerprint density at radius 1 is 0.500 bits per heavy atom. The topological polar surface area (TPSA) is 156 Å². The van der Waals surface area contributed by atoms with Gasteiger partial charge in [-0.1, -0.05) is 90.9 Å². The first-order valence-electron chi connectivity index (χ1n) is 8.42. The molecular weight excluding hydrogens is 320 g/mol. The van der Waals surface area contributed by atoms with Gasteiger partial charge in [-0.3, -0.25) is 10.5 Å². The average Bonchev–Trinajstić information content (AvgIpc) is 2.50. The highest BCUT2D eigenvalue weighted by molar-refractivity contribution is 5.53. The average molecular weight is 356 g/mol. The third kappa shape index (κ3) is 86.6. The van der Waals surface area contributed by atoms with Crippen LogP contribution in [-0.4, -0.2) is 43.3 Å². The van der Waals surface area contributed by atoms with Gasteiger partial charge in [-0.2, -0.15) is 0 Å². The third-order valence-electron chi connectivity index (χ3n) is 2.96. The lowest BCUT2D eigenvalue weighted by molar-refractivity contribution is -0.176. The minimum Gasteiger partial charge on any atom is -0.450 e. The minimum absolute atomic E-state index is 1.37. The van der Waals surface area contributed by atoms with Gasteiger partial charge in [0.25, 0.3) is 0 Å². The largest absolute Gasteiger partial charge is 0.503 e. The van der Waals surface area contributed by atoms with Crippen molar-refractivity contribution in [2.24, 2.45) is 0 Å². The Kier molecular flexibility index (Phi) is 41.9. The van der Waals surface area contributed by atoms with E-state index in [1.54, 1.807) is 0 Å². The zero-order valence-electron chi connectivity index (χ0n) is 15.0. The Balaban J connectivity index is -0.000000165. The Morgan fingerprint density at radius 3 is 0.750 bits per heavy atom. The lowest BCUT2D eigenvalue weighted by Crippen LogP contribution is -1.81. The number of carboxylic acid groups (broad SMARTS) is 4. The first-order valence-corrected chi connectivity index (χ1v) is 8.42. The van der Waals surface area contributed by atoms with Gasteiger partial charge in [-0.25, -0.2) is 9.59 Å². The molecule has 0 aliphatic rings. The molecule has 0 atom stereocenters. The summed E-state index contributed by atoms with van der Waals surface area (Å²) in [5.41, 5.74) is 0. The monoisotopic (exact) mass is 356 g/mol. The quantitative estimate of drug-likeness (QED) is 0.146. The van der Waals surface area contributed by atoms with Crippen LogP contribution in [0.1, 0.15) is 90.9 Å². The molecule has 0 bridgehead atoms. The van der Waals surface area contributed by atoms with E-state index in [9.17, 15) is 0 Å². The van der Waals surface area contributed by atoms with E-state index < -0.39 is 12.3 Å². The molecule has 0 aliphatic heterocycles. The van der Waals surface area contributed by atoms with E-state index in [0.29, 0.717) is 0 Å². The van der Waals surface area contributed by atoms with Crippen molar-refractivity contribution in [3.05, 3.63) is 0 Å². The predicted molar refractivity (Wildman–Crippen MR) is 93.3 cm³/mol. The number of carbonyl (C=O) groups is 2. The van der Waals surface area contributed by atoms with Crippen LogP contribution in [0, 0.1) is 0 Å². The maximum absolute atomic E-state index is 8.56. The van der Waals surface area contributed by atoms with Crippen LogP contribution in [0.2, 0.25) is 0 Å². The van der Waals surface area contributed by atoms with Gasteiger partial charge in [0.1, 0.15) is 0 Å². The van der Waals surface area contributed by atoms with E-state index >= 15 is 0 Å². The van der Waals surface area contributed by atoms with Crippen LogP contribution in [0.5, 0.6) is 0 Å². The second-order valence-corrected chi connectivity index (χ2v) is 5.10. The van der Waals surface area contributed by atoms with E-state index in [1.807, 2.05) is 0 Å². The molecule has 8 nitrogen and oxygen atoms in total. The highest BCUT2D eigenvalue weighted by Crippen LogP contribution is 2.11. The molecule has 0 spiro atoms.